The lowest BCUT2D eigenvalue weighted by atomic mass is 10.2. The van der Waals surface area contributed by atoms with Gasteiger partial charge in [-0.2, -0.15) is 0 Å². The third-order valence-corrected chi connectivity index (χ3v) is 5.90. The van der Waals surface area contributed by atoms with Gasteiger partial charge in [-0.05, 0) is 30.3 Å². The molecule has 1 heterocycles. The number of carbonyl (C=O) groups excluding carboxylic acids is 1. The van der Waals surface area contributed by atoms with Gasteiger partial charge in [0.15, 0.2) is 0 Å². The van der Waals surface area contributed by atoms with Crippen molar-refractivity contribution in [3.05, 3.63) is 58.3 Å². The third kappa shape index (κ3) is 3.84. The molecule has 0 saturated heterocycles. The molecule has 10 heteroatoms. The van der Waals surface area contributed by atoms with E-state index in [9.17, 15) is 13.2 Å². The first-order valence-corrected chi connectivity index (χ1v) is 10.0. The number of methoxy groups -OCH3 is 2. The van der Waals surface area contributed by atoms with E-state index >= 15 is 0 Å². The fourth-order valence-corrected chi connectivity index (χ4v) is 4.06. The predicted octanol–water partition coefficient (Wildman–Crippen LogP) is 4.14. The summed E-state index contributed by atoms with van der Waals surface area (Å²) in [6.45, 7) is 0. The molecule has 0 aliphatic rings. The van der Waals surface area contributed by atoms with Crippen LogP contribution in [0.15, 0.2) is 47.5 Å². The van der Waals surface area contributed by atoms with Gasteiger partial charge in [0, 0.05) is 17.0 Å². The van der Waals surface area contributed by atoms with E-state index in [1.54, 1.807) is 6.07 Å². The summed E-state index contributed by atoms with van der Waals surface area (Å²) in [4.78, 5) is 15.6. The summed E-state index contributed by atoms with van der Waals surface area (Å²) in [6, 6.07) is 8.56. The zero-order chi connectivity index (χ0) is 20.5. The number of anilines is 1. The molecule has 0 unspecified atom stereocenters. The fourth-order valence-electron chi connectivity index (χ4n) is 2.56. The summed E-state index contributed by atoms with van der Waals surface area (Å²) in [7, 11) is -1.41. The third-order valence-electron chi connectivity index (χ3n) is 3.94. The van der Waals surface area contributed by atoms with E-state index in [4.69, 9.17) is 27.9 Å². The largest absolute Gasteiger partial charge is 0.495 e. The summed E-state index contributed by atoms with van der Waals surface area (Å²) in [5, 5.41) is 1.45. The Morgan fingerprint density at radius 3 is 2.50 bits per heavy atom. The number of hydrogen-bond acceptors (Lipinski definition) is 6. The Morgan fingerprint density at radius 1 is 1.07 bits per heavy atom. The second-order valence-electron chi connectivity index (χ2n) is 5.62. The van der Waals surface area contributed by atoms with Gasteiger partial charge in [0.2, 0.25) is 0 Å². The number of esters is 1. The first kappa shape index (κ1) is 20.2. The van der Waals surface area contributed by atoms with Crippen molar-refractivity contribution in [3.8, 4) is 5.75 Å². The number of benzene rings is 2. The molecule has 0 atom stereocenters. The molecule has 146 valence electrons. The van der Waals surface area contributed by atoms with Crippen molar-refractivity contribution < 1.29 is 22.7 Å². The molecule has 1 aromatic heterocycles. The Bertz CT molecular complexity index is 1180. The van der Waals surface area contributed by atoms with E-state index in [0.29, 0.717) is 15.8 Å². The van der Waals surface area contributed by atoms with Crippen molar-refractivity contribution in [1.29, 1.82) is 0 Å². The summed E-state index contributed by atoms with van der Waals surface area (Å²) in [5.41, 5.74) is 0.249. The predicted molar refractivity (Wildman–Crippen MR) is 107 cm³/mol. The Balaban J connectivity index is 2.06. The zero-order valence-electron chi connectivity index (χ0n) is 14.7. The molecule has 3 aromatic rings. The van der Waals surface area contributed by atoms with Crippen LogP contribution in [0.1, 0.15) is 10.4 Å². The van der Waals surface area contributed by atoms with Gasteiger partial charge in [0.25, 0.3) is 10.0 Å². The molecule has 1 N–H and O–H groups in total. The van der Waals surface area contributed by atoms with Gasteiger partial charge < -0.3 is 9.47 Å². The van der Waals surface area contributed by atoms with E-state index in [0.717, 1.165) is 0 Å². The minimum Gasteiger partial charge on any atom is -0.495 e. The maximum absolute atomic E-state index is 12.9. The fraction of sp³-hybridized carbons (Fsp3) is 0.111. The van der Waals surface area contributed by atoms with Gasteiger partial charge in [-0.1, -0.05) is 29.3 Å². The van der Waals surface area contributed by atoms with E-state index in [2.05, 4.69) is 14.4 Å². The Hall–Kier alpha value is -2.55. The van der Waals surface area contributed by atoms with Gasteiger partial charge in [-0.25, -0.2) is 18.2 Å². The second kappa shape index (κ2) is 7.83. The molecule has 3 rings (SSSR count). The van der Waals surface area contributed by atoms with Crippen molar-refractivity contribution in [2.24, 2.45) is 0 Å². The number of hydrogen-bond donors (Lipinski definition) is 1. The van der Waals surface area contributed by atoms with Gasteiger partial charge in [0.1, 0.15) is 10.9 Å². The monoisotopic (exact) mass is 440 g/mol. The molecule has 2 aromatic carbocycles. The number of rotatable bonds is 5. The number of nitrogens with zero attached hydrogens (tertiary/aromatic N) is 1. The van der Waals surface area contributed by atoms with Crippen molar-refractivity contribution in [2.75, 3.05) is 18.9 Å². The molecule has 7 nitrogen and oxygen atoms in total. The highest BCUT2D eigenvalue weighted by Crippen LogP contribution is 2.32. The molecular formula is C18H14Cl2N2O5S. The van der Waals surface area contributed by atoms with Crippen LogP contribution >= 0.6 is 23.2 Å². The number of sulfonamides is 1. The molecular weight excluding hydrogens is 427 g/mol. The Labute approximate surface area is 171 Å². The zero-order valence-corrected chi connectivity index (χ0v) is 17.0. The topological polar surface area (TPSA) is 94.6 Å². The molecule has 0 radical (unpaired) electrons. The molecule has 0 fully saturated rings. The van der Waals surface area contributed by atoms with Crippen molar-refractivity contribution >= 4 is 55.7 Å². The van der Waals surface area contributed by atoms with Crippen LogP contribution in [0, 0.1) is 0 Å². The molecule has 28 heavy (non-hydrogen) atoms. The summed E-state index contributed by atoms with van der Waals surface area (Å²) in [6.07, 6.45) is 1.39. The van der Waals surface area contributed by atoms with E-state index < -0.39 is 16.0 Å². The van der Waals surface area contributed by atoms with E-state index in [-0.39, 0.29) is 27.0 Å². The van der Waals surface area contributed by atoms with Crippen molar-refractivity contribution in [2.45, 2.75) is 4.90 Å². The summed E-state index contributed by atoms with van der Waals surface area (Å²) in [5.74, 6) is -0.374. The van der Waals surface area contributed by atoms with Gasteiger partial charge in [-0.15, -0.1) is 0 Å². The van der Waals surface area contributed by atoms with Crippen LogP contribution < -0.4 is 9.46 Å². The molecule has 0 bridgehead atoms. The quantitative estimate of drug-likeness (QED) is 0.473. The normalized spacial score (nSPS) is 11.3. The van der Waals surface area contributed by atoms with Gasteiger partial charge in [-0.3, -0.25) is 4.72 Å². The number of ether oxygens (including phenoxy) is 2. The lowest BCUT2D eigenvalue weighted by Crippen LogP contribution is -2.14. The minimum atomic E-state index is -4.03. The lowest BCUT2D eigenvalue weighted by molar-refractivity contribution is 0.0600. The van der Waals surface area contributed by atoms with Crippen LogP contribution in [-0.2, 0) is 14.8 Å². The number of carbonyl (C=O) groups is 1. The Morgan fingerprint density at radius 2 is 1.82 bits per heavy atom. The van der Waals surface area contributed by atoms with Crippen LogP contribution in [0.2, 0.25) is 10.2 Å². The average molecular weight is 441 g/mol. The van der Waals surface area contributed by atoms with Crippen molar-refractivity contribution in [3.63, 3.8) is 0 Å². The highest BCUT2D eigenvalue weighted by Gasteiger charge is 2.20. The number of halogens is 2. The number of aromatic nitrogens is 1. The van der Waals surface area contributed by atoms with Crippen LogP contribution in [0.5, 0.6) is 5.75 Å². The average Bonchev–Trinajstić information content (AvgIpc) is 2.69. The highest BCUT2D eigenvalue weighted by atomic mass is 35.5. The maximum atomic E-state index is 12.9. The van der Waals surface area contributed by atoms with Crippen LogP contribution in [-0.4, -0.2) is 33.6 Å². The molecule has 0 amide bonds. The first-order valence-electron chi connectivity index (χ1n) is 7.79. The first-order chi connectivity index (χ1) is 13.3. The Kier molecular flexibility index (Phi) is 5.64. The van der Waals surface area contributed by atoms with Gasteiger partial charge in [0.05, 0.1) is 35.4 Å². The molecule has 0 aliphatic heterocycles. The van der Waals surface area contributed by atoms with Crippen molar-refractivity contribution in [1.82, 2.24) is 4.98 Å². The number of nitrogens with one attached hydrogen (secondary N) is 1. The van der Waals surface area contributed by atoms with Crippen LogP contribution in [0.3, 0.4) is 0 Å². The van der Waals surface area contributed by atoms with Gasteiger partial charge >= 0.3 is 5.97 Å². The van der Waals surface area contributed by atoms with Crippen LogP contribution in [0.25, 0.3) is 10.8 Å². The number of pyridine rings is 1. The lowest BCUT2D eigenvalue weighted by Gasteiger charge is -2.13. The summed E-state index contributed by atoms with van der Waals surface area (Å²) < 4.78 is 38.0. The second-order valence-corrected chi connectivity index (χ2v) is 8.06. The van der Waals surface area contributed by atoms with E-state index in [1.165, 1.54) is 50.7 Å². The van der Waals surface area contributed by atoms with E-state index in [1.807, 2.05) is 0 Å². The number of fused-ring (bicyclic) bond motifs is 1. The standard InChI is InChI=1S/C18H14Cl2N2O5S/c1-26-16-6-3-10(18(23)27-2)7-15(16)22-28(24,25)11-4-5-12-13(8-11)17(20)21-9-14(12)19/h3-9,22H,1-2H3. The smallest absolute Gasteiger partial charge is 0.337 e. The SMILES string of the molecule is COC(=O)c1ccc(OC)c(NS(=O)(=O)c2ccc3c(Cl)cnc(Cl)c3c2)c1. The minimum absolute atomic E-state index is 0.0588. The summed E-state index contributed by atoms with van der Waals surface area (Å²) >= 11 is 12.2. The molecule has 0 saturated carbocycles. The highest BCUT2D eigenvalue weighted by molar-refractivity contribution is 7.92. The van der Waals surface area contributed by atoms with Crippen LogP contribution in [0.4, 0.5) is 5.69 Å². The molecule has 0 spiro atoms. The maximum Gasteiger partial charge on any atom is 0.337 e. The molecule has 0 aliphatic carbocycles.